The zero-order valence-electron chi connectivity index (χ0n) is 14.2. The first kappa shape index (κ1) is 20.0. The normalized spacial score (nSPS) is 12.0. The number of carbonyl (C=O) groups excluding carboxylic acids is 1. The summed E-state index contributed by atoms with van der Waals surface area (Å²) in [6.45, 7) is 3.64. The van der Waals surface area contributed by atoms with Crippen LogP contribution in [0.4, 0.5) is 18.9 Å². The second-order valence-corrected chi connectivity index (χ2v) is 8.05. The summed E-state index contributed by atoms with van der Waals surface area (Å²) in [5.41, 5.74) is 0.845. The molecule has 26 heavy (non-hydrogen) atoms. The zero-order chi connectivity index (χ0) is 19.5. The van der Waals surface area contributed by atoms with Gasteiger partial charge < -0.3 is 5.32 Å². The first-order chi connectivity index (χ1) is 12.0. The van der Waals surface area contributed by atoms with Gasteiger partial charge in [0.2, 0.25) is 5.91 Å². The molecule has 2 aromatic rings. The summed E-state index contributed by atoms with van der Waals surface area (Å²) in [5.74, 6) is -1.10. The van der Waals surface area contributed by atoms with Gasteiger partial charge in [0.25, 0.3) is 0 Å². The van der Waals surface area contributed by atoms with Crippen LogP contribution in [-0.2, 0) is 20.8 Å². The highest BCUT2D eigenvalue weighted by atomic mass is 32.2. The van der Waals surface area contributed by atoms with Gasteiger partial charge in [0.1, 0.15) is 0 Å². The molecule has 0 aliphatic heterocycles. The van der Waals surface area contributed by atoms with Crippen LogP contribution < -0.4 is 5.32 Å². The summed E-state index contributed by atoms with van der Waals surface area (Å²) < 4.78 is 62.6. The fourth-order valence-corrected chi connectivity index (χ4v) is 3.57. The van der Waals surface area contributed by atoms with Gasteiger partial charge in [-0.3, -0.25) is 4.79 Å². The lowest BCUT2D eigenvalue weighted by Crippen LogP contribution is -2.18. The summed E-state index contributed by atoms with van der Waals surface area (Å²) in [4.78, 5) is 12.0. The molecule has 1 amide bonds. The van der Waals surface area contributed by atoms with Crippen molar-refractivity contribution in [3.8, 4) is 0 Å². The Morgan fingerprint density at radius 1 is 1.04 bits per heavy atom. The fourth-order valence-electron chi connectivity index (χ4n) is 2.25. The summed E-state index contributed by atoms with van der Waals surface area (Å²) >= 11 is 0. The Balaban J connectivity index is 2.03. The third kappa shape index (κ3) is 5.08. The fraction of sp³-hybridized carbons (Fsp3) is 0.278. The van der Waals surface area contributed by atoms with Crippen LogP contribution in [0, 0.1) is 13.8 Å². The molecule has 1 N–H and O–H groups in total. The summed E-state index contributed by atoms with van der Waals surface area (Å²) in [7, 11) is -3.66. The van der Waals surface area contributed by atoms with Gasteiger partial charge in [-0.1, -0.05) is 12.1 Å². The highest BCUT2D eigenvalue weighted by molar-refractivity contribution is 7.91. The molecule has 0 saturated carbocycles. The number of sulfone groups is 1. The predicted molar refractivity (Wildman–Crippen MR) is 92.7 cm³/mol. The number of hydrogen-bond acceptors (Lipinski definition) is 3. The lowest BCUT2D eigenvalue weighted by atomic mass is 10.1. The third-order valence-corrected chi connectivity index (χ3v) is 5.62. The molecule has 0 aliphatic carbocycles. The van der Waals surface area contributed by atoms with Gasteiger partial charge in [0, 0.05) is 12.1 Å². The van der Waals surface area contributed by atoms with E-state index < -0.39 is 33.2 Å². The quantitative estimate of drug-likeness (QED) is 0.842. The number of alkyl halides is 3. The molecule has 0 atom stereocenters. The Bertz CT molecular complexity index is 922. The van der Waals surface area contributed by atoms with E-state index in [1.54, 1.807) is 13.0 Å². The second-order valence-electron chi connectivity index (χ2n) is 5.94. The smallest absolute Gasteiger partial charge is 0.326 e. The van der Waals surface area contributed by atoms with Crippen LogP contribution in [0.3, 0.4) is 0 Å². The topological polar surface area (TPSA) is 63.2 Å². The van der Waals surface area contributed by atoms with Crippen molar-refractivity contribution in [2.45, 2.75) is 31.3 Å². The molecule has 2 rings (SSSR count). The molecule has 140 valence electrons. The van der Waals surface area contributed by atoms with E-state index in [1.165, 1.54) is 24.3 Å². The lowest BCUT2D eigenvalue weighted by Gasteiger charge is -2.10. The molecule has 0 bridgehead atoms. The maximum absolute atomic E-state index is 12.7. The van der Waals surface area contributed by atoms with E-state index in [9.17, 15) is 26.4 Å². The minimum Gasteiger partial charge on any atom is -0.326 e. The van der Waals surface area contributed by atoms with E-state index in [0.29, 0.717) is 0 Å². The minimum atomic E-state index is -4.52. The molecule has 0 aromatic heterocycles. The standard InChI is InChI=1S/C18H18F3NO3S/c1-12-6-7-16(10-13(12)2)26(24,25)9-8-17(23)22-15-5-3-4-14(11-15)18(19,20)21/h3-7,10-11H,8-9H2,1-2H3,(H,22,23). The third-order valence-electron chi connectivity index (χ3n) is 3.91. The Morgan fingerprint density at radius 2 is 1.73 bits per heavy atom. The van der Waals surface area contributed by atoms with Gasteiger partial charge in [-0.2, -0.15) is 13.2 Å². The molecular weight excluding hydrogens is 367 g/mol. The van der Waals surface area contributed by atoms with Crippen molar-refractivity contribution in [3.05, 3.63) is 59.2 Å². The largest absolute Gasteiger partial charge is 0.416 e. The number of anilines is 1. The van der Waals surface area contributed by atoms with Crippen molar-refractivity contribution < 1.29 is 26.4 Å². The van der Waals surface area contributed by atoms with Gasteiger partial charge in [-0.05, 0) is 55.3 Å². The van der Waals surface area contributed by atoms with Crippen LogP contribution in [0.2, 0.25) is 0 Å². The van der Waals surface area contributed by atoms with E-state index in [1.807, 2.05) is 6.92 Å². The predicted octanol–water partition coefficient (Wildman–Crippen LogP) is 4.12. The van der Waals surface area contributed by atoms with Crippen molar-refractivity contribution in [1.29, 1.82) is 0 Å². The van der Waals surface area contributed by atoms with Crippen molar-refractivity contribution in [2.24, 2.45) is 0 Å². The van der Waals surface area contributed by atoms with Crippen LogP contribution in [0.1, 0.15) is 23.1 Å². The minimum absolute atomic E-state index is 0.0339. The van der Waals surface area contributed by atoms with Gasteiger partial charge in [-0.25, -0.2) is 8.42 Å². The van der Waals surface area contributed by atoms with Crippen molar-refractivity contribution in [1.82, 2.24) is 0 Å². The van der Waals surface area contributed by atoms with Crippen molar-refractivity contribution in [2.75, 3.05) is 11.1 Å². The second kappa shape index (κ2) is 7.49. The molecule has 4 nitrogen and oxygen atoms in total. The number of aryl methyl sites for hydroxylation is 2. The molecule has 0 unspecified atom stereocenters. The Morgan fingerprint density at radius 3 is 2.35 bits per heavy atom. The van der Waals surface area contributed by atoms with Gasteiger partial charge >= 0.3 is 6.18 Å². The Hall–Kier alpha value is -2.35. The van der Waals surface area contributed by atoms with Crippen LogP contribution in [0.5, 0.6) is 0 Å². The zero-order valence-corrected chi connectivity index (χ0v) is 15.0. The summed E-state index contributed by atoms with van der Waals surface area (Å²) in [6, 6.07) is 8.87. The summed E-state index contributed by atoms with van der Waals surface area (Å²) in [6.07, 6.45) is -4.88. The molecule has 0 aliphatic rings. The molecule has 0 radical (unpaired) electrons. The van der Waals surface area contributed by atoms with E-state index in [0.717, 1.165) is 23.3 Å². The first-order valence-electron chi connectivity index (χ1n) is 7.76. The number of hydrogen-bond donors (Lipinski definition) is 1. The first-order valence-corrected chi connectivity index (χ1v) is 9.41. The van der Waals surface area contributed by atoms with E-state index in [2.05, 4.69) is 5.32 Å². The molecule has 0 spiro atoms. The van der Waals surface area contributed by atoms with Gasteiger partial charge in [0.05, 0.1) is 16.2 Å². The van der Waals surface area contributed by atoms with Crippen LogP contribution in [0.25, 0.3) is 0 Å². The average Bonchev–Trinajstić information content (AvgIpc) is 2.55. The molecule has 8 heteroatoms. The maximum atomic E-state index is 12.7. The molecule has 2 aromatic carbocycles. The van der Waals surface area contributed by atoms with E-state index in [-0.39, 0.29) is 17.0 Å². The van der Waals surface area contributed by atoms with Crippen LogP contribution >= 0.6 is 0 Å². The van der Waals surface area contributed by atoms with Crippen molar-refractivity contribution in [3.63, 3.8) is 0 Å². The van der Waals surface area contributed by atoms with E-state index >= 15 is 0 Å². The van der Waals surface area contributed by atoms with E-state index in [4.69, 9.17) is 0 Å². The molecule has 0 fully saturated rings. The number of halogens is 3. The Labute approximate surface area is 150 Å². The number of amides is 1. The Kier molecular flexibility index (Phi) is 5.75. The summed E-state index contributed by atoms with van der Waals surface area (Å²) in [5, 5.41) is 2.30. The molecule has 0 heterocycles. The van der Waals surface area contributed by atoms with Gasteiger partial charge in [-0.15, -0.1) is 0 Å². The van der Waals surface area contributed by atoms with Gasteiger partial charge in [0.15, 0.2) is 9.84 Å². The average molecular weight is 385 g/mol. The highest BCUT2D eigenvalue weighted by Crippen LogP contribution is 2.30. The van der Waals surface area contributed by atoms with Crippen molar-refractivity contribution >= 4 is 21.4 Å². The number of benzene rings is 2. The maximum Gasteiger partial charge on any atom is 0.416 e. The molecule has 0 saturated heterocycles. The monoisotopic (exact) mass is 385 g/mol. The SMILES string of the molecule is Cc1ccc(S(=O)(=O)CCC(=O)Nc2cccc(C(F)(F)F)c2)cc1C. The number of carbonyl (C=O) groups is 1. The number of rotatable bonds is 5. The van der Waals surface area contributed by atoms with Crippen LogP contribution in [0.15, 0.2) is 47.4 Å². The lowest BCUT2D eigenvalue weighted by molar-refractivity contribution is -0.137. The highest BCUT2D eigenvalue weighted by Gasteiger charge is 2.30. The van der Waals surface area contributed by atoms with Crippen LogP contribution in [-0.4, -0.2) is 20.1 Å². The number of nitrogens with one attached hydrogen (secondary N) is 1. The molecular formula is C18H18F3NO3S.